The van der Waals surface area contributed by atoms with Crippen molar-refractivity contribution in [1.82, 2.24) is 9.80 Å². The summed E-state index contributed by atoms with van der Waals surface area (Å²) in [6.07, 6.45) is 11.7. The van der Waals surface area contributed by atoms with Crippen LogP contribution in [0.3, 0.4) is 0 Å². The van der Waals surface area contributed by atoms with Crippen molar-refractivity contribution >= 4 is 29.5 Å². The van der Waals surface area contributed by atoms with Gasteiger partial charge >= 0.3 is 5.97 Å². The number of rotatable bonds is 8. The van der Waals surface area contributed by atoms with Crippen molar-refractivity contribution in [3.63, 3.8) is 0 Å². The molecule has 0 radical (unpaired) electrons. The van der Waals surface area contributed by atoms with Gasteiger partial charge in [-0.05, 0) is 69.3 Å². The summed E-state index contributed by atoms with van der Waals surface area (Å²) in [7, 11) is 1.44. The lowest BCUT2D eigenvalue weighted by Gasteiger charge is -2.53. The maximum atomic E-state index is 14.2. The van der Waals surface area contributed by atoms with E-state index in [1.807, 2.05) is 27.6 Å². The van der Waals surface area contributed by atoms with Gasteiger partial charge in [-0.1, -0.05) is 25.5 Å². The zero-order chi connectivity index (χ0) is 26.9. The van der Waals surface area contributed by atoms with Crippen LogP contribution in [0.1, 0.15) is 71.6 Å². The van der Waals surface area contributed by atoms with Crippen molar-refractivity contribution in [2.75, 3.05) is 38.2 Å². The van der Waals surface area contributed by atoms with Crippen LogP contribution in [0.25, 0.3) is 0 Å². The van der Waals surface area contributed by atoms with Crippen LogP contribution in [0.15, 0.2) is 23.4 Å². The molecule has 2 saturated heterocycles. The lowest BCUT2D eigenvalue weighted by atomic mass is 9.64. The summed E-state index contributed by atoms with van der Waals surface area (Å²) >= 11 is 1.86. The van der Waals surface area contributed by atoms with Crippen LogP contribution in [0.5, 0.6) is 0 Å². The van der Waals surface area contributed by atoms with Crippen molar-refractivity contribution in [1.29, 1.82) is 0 Å². The second kappa shape index (κ2) is 11.7. The quantitative estimate of drug-likeness (QED) is 0.329. The first-order chi connectivity index (χ1) is 18.3. The first kappa shape index (κ1) is 27.8. The highest BCUT2D eigenvalue weighted by molar-refractivity contribution is 7.99. The van der Waals surface area contributed by atoms with E-state index >= 15 is 0 Å². The minimum atomic E-state index is -1.06. The summed E-state index contributed by atoms with van der Waals surface area (Å²) in [5.41, 5.74) is 1.10. The van der Waals surface area contributed by atoms with Crippen LogP contribution < -0.4 is 0 Å². The van der Waals surface area contributed by atoms with Gasteiger partial charge < -0.3 is 19.3 Å². The van der Waals surface area contributed by atoms with Gasteiger partial charge in [0.15, 0.2) is 0 Å². The maximum absolute atomic E-state index is 14.2. The summed E-state index contributed by atoms with van der Waals surface area (Å²) in [6.45, 7) is 6.22. The monoisotopic (exact) mass is 544 g/mol. The molecule has 210 valence electrons. The van der Waals surface area contributed by atoms with Crippen LogP contribution in [-0.2, 0) is 23.9 Å². The molecular formula is C30H44N2O5S. The van der Waals surface area contributed by atoms with Gasteiger partial charge in [-0.2, -0.15) is 11.8 Å². The summed E-state index contributed by atoms with van der Waals surface area (Å²) in [6, 6.07) is 0. The Morgan fingerprint density at radius 3 is 2.61 bits per heavy atom. The lowest BCUT2D eigenvalue weighted by Crippen LogP contribution is -2.62. The predicted octanol–water partition coefficient (Wildman–Crippen LogP) is 4.57. The van der Waals surface area contributed by atoms with Gasteiger partial charge in [0.2, 0.25) is 11.8 Å². The van der Waals surface area contributed by atoms with Gasteiger partial charge in [0.25, 0.3) is 0 Å². The largest absolute Gasteiger partial charge is 0.468 e. The minimum absolute atomic E-state index is 0.0193. The number of nitrogens with zero attached hydrogens (tertiary/aromatic N) is 2. The van der Waals surface area contributed by atoms with Gasteiger partial charge in [-0.25, -0.2) is 0 Å². The number of thioether (sulfide) groups is 1. The molecule has 2 amide bonds. The number of esters is 1. The van der Waals surface area contributed by atoms with E-state index in [4.69, 9.17) is 9.47 Å². The molecule has 0 aromatic rings. The summed E-state index contributed by atoms with van der Waals surface area (Å²) < 4.78 is 12.2. The second-order valence-electron chi connectivity index (χ2n) is 12.1. The van der Waals surface area contributed by atoms with Gasteiger partial charge in [-0.15, -0.1) is 0 Å². The van der Waals surface area contributed by atoms with Crippen LogP contribution in [0, 0.1) is 23.2 Å². The molecule has 0 aromatic heterocycles. The molecule has 3 fully saturated rings. The van der Waals surface area contributed by atoms with E-state index in [1.165, 1.54) is 25.5 Å². The molecule has 4 atom stereocenters. The molecule has 1 saturated carbocycles. The number of likely N-dealkylation sites (tertiary alicyclic amines) is 1. The Morgan fingerprint density at radius 2 is 1.97 bits per heavy atom. The van der Waals surface area contributed by atoms with Crippen LogP contribution in [-0.4, -0.2) is 78.0 Å². The fourth-order valence-corrected chi connectivity index (χ4v) is 7.72. The van der Waals surface area contributed by atoms with E-state index in [-0.39, 0.29) is 54.7 Å². The molecule has 3 aliphatic heterocycles. The van der Waals surface area contributed by atoms with Crippen molar-refractivity contribution in [3.05, 3.63) is 23.4 Å². The van der Waals surface area contributed by atoms with Crippen molar-refractivity contribution < 1.29 is 23.9 Å². The molecule has 5 aliphatic rings. The highest BCUT2D eigenvalue weighted by atomic mass is 32.2. The molecule has 0 aromatic carbocycles. The minimum Gasteiger partial charge on any atom is -0.468 e. The number of piperidine rings is 1. The lowest BCUT2D eigenvalue weighted by molar-refractivity contribution is -0.182. The number of carbonyl (C=O) groups excluding carboxylic acids is 3. The zero-order valence-electron chi connectivity index (χ0n) is 23.3. The normalized spacial score (nSPS) is 32.0. The summed E-state index contributed by atoms with van der Waals surface area (Å²) in [5, 5.41) is 0. The average Bonchev–Trinajstić information content (AvgIpc) is 3.78. The molecule has 7 nitrogen and oxygen atoms in total. The number of ether oxygens (including phenoxy) is 2. The third-order valence-electron chi connectivity index (χ3n) is 9.13. The molecule has 5 rings (SSSR count). The van der Waals surface area contributed by atoms with Gasteiger partial charge in [-0.3, -0.25) is 14.4 Å². The highest BCUT2D eigenvalue weighted by Gasteiger charge is 2.63. The third kappa shape index (κ3) is 5.45. The Bertz CT molecular complexity index is 983. The average molecular weight is 545 g/mol. The molecule has 2 aliphatic carbocycles. The van der Waals surface area contributed by atoms with Gasteiger partial charge in [0.05, 0.1) is 19.3 Å². The van der Waals surface area contributed by atoms with Crippen LogP contribution in [0.2, 0.25) is 0 Å². The summed E-state index contributed by atoms with van der Waals surface area (Å²) in [5.74, 6) is 1.45. The fraction of sp³-hybridized carbons (Fsp3) is 0.767. The van der Waals surface area contributed by atoms with E-state index < -0.39 is 11.3 Å². The van der Waals surface area contributed by atoms with Crippen molar-refractivity contribution in [2.45, 2.75) is 83.8 Å². The topological polar surface area (TPSA) is 76.2 Å². The predicted molar refractivity (Wildman–Crippen MR) is 148 cm³/mol. The second-order valence-corrected chi connectivity index (χ2v) is 13.3. The van der Waals surface area contributed by atoms with Crippen LogP contribution >= 0.6 is 11.8 Å². The van der Waals surface area contributed by atoms with E-state index in [0.29, 0.717) is 6.54 Å². The number of carbonyl (C=O) groups is 3. The summed E-state index contributed by atoms with van der Waals surface area (Å²) in [4.78, 5) is 45.2. The molecule has 8 heteroatoms. The molecule has 38 heavy (non-hydrogen) atoms. The number of amides is 2. The van der Waals surface area contributed by atoms with E-state index in [9.17, 15) is 14.4 Å². The van der Waals surface area contributed by atoms with Gasteiger partial charge in [0, 0.05) is 49.2 Å². The van der Waals surface area contributed by atoms with Crippen molar-refractivity contribution in [2.24, 2.45) is 23.2 Å². The molecule has 3 heterocycles. The fourth-order valence-electron chi connectivity index (χ4n) is 6.82. The number of allylic oxidation sites excluding steroid dienone is 1. The van der Waals surface area contributed by atoms with Gasteiger partial charge in [0.1, 0.15) is 5.41 Å². The number of methoxy groups -OCH3 is 1. The number of hydrogen-bond donors (Lipinski definition) is 0. The standard InChI is InChI=1S/C30H44N2O5S/c1-20(2)24-18-25-30(29(35)36-3,27(37-24)22-9-10-22)19-23(17-26(33)31-13-15-38-16-14-31)28(34)32(25)12-11-21-7-5-4-6-8-21/h7,18,20,22-24,27H,4-6,8-17,19H2,1-3H3/t23-,24+,27+,30+/m0/s1. The molecule has 0 bridgehead atoms. The Hall–Kier alpha value is -1.80. The Morgan fingerprint density at radius 1 is 1.21 bits per heavy atom. The van der Waals surface area contributed by atoms with E-state index in [0.717, 1.165) is 62.4 Å². The van der Waals surface area contributed by atoms with Crippen LogP contribution in [0.4, 0.5) is 0 Å². The number of fused-ring (bicyclic) bond motifs is 1. The maximum Gasteiger partial charge on any atom is 0.320 e. The molecular weight excluding hydrogens is 500 g/mol. The Balaban J connectivity index is 1.52. The zero-order valence-corrected chi connectivity index (χ0v) is 24.1. The Labute approximate surface area is 231 Å². The first-order valence-corrected chi connectivity index (χ1v) is 15.8. The van der Waals surface area contributed by atoms with Crippen molar-refractivity contribution in [3.8, 4) is 0 Å². The number of hydrogen-bond acceptors (Lipinski definition) is 6. The first-order valence-electron chi connectivity index (χ1n) is 14.7. The SMILES string of the molecule is COC(=O)[C@]12C[C@H](CC(=O)N3CCSCC3)C(=O)N(CCC3=CCCCC3)C1=C[C@H](C(C)C)O[C@@H]2C1CC1. The molecule has 0 unspecified atom stereocenters. The van der Waals surface area contributed by atoms with E-state index in [2.05, 4.69) is 19.9 Å². The Kier molecular flexibility index (Phi) is 8.58. The smallest absolute Gasteiger partial charge is 0.320 e. The third-order valence-corrected chi connectivity index (χ3v) is 10.1. The van der Waals surface area contributed by atoms with E-state index in [1.54, 1.807) is 0 Å². The highest BCUT2D eigenvalue weighted by Crippen LogP contribution is 2.56. The molecule has 0 N–H and O–H groups in total. The molecule has 0 spiro atoms.